The smallest absolute Gasteiger partial charge is 0.269 e. The number of halogens is 2. The third-order valence-corrected chi connectivity index (χ3v) is 5.20. The maximum absolute atomic E-state index is 12.0. The van der Waals surface area contributed by atoms with Crippen molar-refractivity contribution in [1.29, 1.82) is 5.26 Å². The van der Waals surface area contributed by atoms with Crippen LogP contribution in [-0.2, 0) is 11.4 Å². The molecule has 0 N–H and O–H groups in total. The molecule has 0 aliphatic carbocycles. The monoisotopic (exact) mass is 603 g/mol. The van der Waals surface area contributed by atoms with Crippen molar-refractivity contribution < 1.29 is 14.5 Å². The molecule has 2 aromatic rings. The van der Waals surface area contributed by atoms with E-state index in [0.29, 0.717) is 16.9 Å². The van der Waals surface area contributed by atoms with Gasteiger partial charge in [-0.3, -0.25) is 14.9 Å². The molecule has 0 aromatic heterocycles. The summed E-state index contributed by atoms with van der Waals surface area (Å²) in [4.78, 5) is 23.8. The summed E-state index contributed by atoms with van der Waals surface area (Å²) in [7, 11) is 3.18. The van der Waals surface area contributed by atoms with Crippen LogP contribution in [0.15, 0.2) is 42.0 Å². The predicted molar refractivity (Wildman–Crippen MR) is 122 cm³/mol. The number of nitro benzene ring substituents is 1. The first-order valence-electron chi connectivity index (χ1n) is 7.91. The van der Waals surface area contributed by atoms with Gasteiger partial charge in [-0.1, -0.05) is 12.1 Å². The van der Waals surface area contributed by atoms with E-state index in [1.807, 2.05) is 18.2 Å². The fourth-order valence-corrected chi connectivity index (χ4v) is 4.39. The maximum Gasteiger partial charge on any atom is 0.269 e. The Balaban J connectivity index is 2.25. The van der Waals surface area contributed by atoms with E-state index in [1.165, 1.54) is 23.1 Å². The van der Waals surface area contributed by atoms with Crippen LogP contribution in [0.1, 0.15) is 11.1 Å². The Hall–Kier alpha value is -2.20. The van der Waals surface area contributed by atoms with Crippen molar-refractivity contribution in [1.82, 2.24) is 4.90 Å². The van der Waals surface area contributed by atoms with E-state index < -0.39 is 4.92 Å². The number of non-ortho nitro benzene ring substituents is 1. The molecule has 0 radical (unpaired) electrons. The molecule has 7 nitrogen and oxygen atoms in total. The van der Waals surface area contributed by atoms with Crippen LogP contribution in [0.25, 0.3) is 6.08 Å². The van der Waals surface area contributed by atoms with Gasteiger partial charge in [-0.25, -0.2) is 0 Å². The number of ether oxygens (including phenoxy) is 1. The minimum Gasteiger partial charge on any atom is -0.487 e. The largest absolute Gasteiger partial charge is 0.487 e. The van der Waals surface area contributed by atoms with Crippen LogP contribution >= 0.6 is 45.2 Å². The molecule has 0 spiro atoms. The molecule has 2 aromatic carbocycles. The minimum atomic E-state index is -0.444. The number of carbonyl (C=O) groups is 1. The van der Waals surface area contributed by atoms with Crippen molar-refractivity contribution in [3.05, 3.63) is 70.4 Å². The lowest BCUT2D eigenvalue weighted by Crippen LogP contribution is -2.22. The van der Waals surface area contributed by atoms with E-state index in [0.717, 1.165) is 7.14 Å². The number of hydrogen-bond acceptors (Lipinski definition) is 5. The van der Waals surface area contributed by atoms with Gasteiger partial charge >= 0.3 is 0 Å². The number of amides is 1. The van der Waals surface area contributed by atoms with E-state index in [-0.39, 0.29) is 23.8 Å². The van der Waals surface area contributed by atoms with Gasteiger partial charge in [0.1, 0.15) is 24.0 Å². The van der Waals surface area contributed by atoms with Crippen LogP contribution in [0.4, 0.5) is 5.69 Å². The number of likely N-dealkylation sites (N-methyl/N-ethyl adjacent to an activating group) is 1. The molecule has 0 saturated heterocycles. The normalized spacial score (nSPS) is 10.9. The zero-order valence-corrected chi connectivity index (χ0v) is 19.3. The number of nitriles is 1. The van der Waals surface area contributed by atoms with Crippen molar-refractivity contribution in [3.8, 4) is 11.8 Å². The first-order valence-corrected chi connectivity index (χ1v) is 10.1. The average molecular weight is 603 g/mol. The highest BCUT2D eigenvalue weighted by molar-refractivity contribution is 14.1. The molecule has 1 amide bonds. The summed E-state index contributed by atoms with van der Waals surface area (Å²) >= 11 is 4.23. The molecule has 9 heteroatoms. The Bertz CT molecular complexity index is 974. The lowest BCUT2D eigenvalue weighted by molar-refractivity contribution is -0.384. The maximum atomic E-state index is 12.0. The molecule has 0 unspecified atom stereocenters. The van der Waals surface area contributed by atoms with Crippen molar-refractivity contribution in [2.24, 2.45) is 0 Å². The number of carbonyl (C=O) groups excluding carboxylic acids is 1. The Morgan fingerprint density at radius 2 is 1.93 bits per heavy atom. The van der Waals surface area contributed by atoms with Crippen molar-refractivity contribution >= 4 is 62.9 Å². The Morgan fingerprint density at radius 3 is 2.46 bits per heavy atom. The van der Waals surface area contributed by atoms with E-state index in [9.17, 15) is 20.2 Å². The van der Waals surface area contributed by atoms with Gasteiger partial charge in [0.05, 0.1) is 12.1 Å². The van der Waals surface area contributed by atoms with Crippen LogP contribution in [0, 0.1) is 28.6 Å². The van der Waals surface area contributed by atoms with Crippen LogP contribution < -0.4 is 4.74 Å². The second kappa shape index (κ2) is 9.83. The zero-order valence-electron chi connectivity index (χ0n) is 15.0. The highest BCUT2D eigenvalue weighted by atomic mass is 127. The molecular weight excluding hydrogens is 588 g/mol. The topological polar surface area (TPSA) is 96.5 Å². The van der Waals surface area contributed by atoms with E-state index in [2.05, 4.69) is 45.2 Å². The molecule has 28 heavy (non-hydrogen) atoms. The Morgan fingerprint density at radius 1 is 1.29 bits per heavy atom. The SMILES string of the molecule is CN(C)C(=O)/C(C#N)=C\c1cc(I)c(OCc2cccc([N+](=O)[O-])c2)c(I)c1. The zero-order chi connectivity index (χ0) is 20.8. The van der Waals surface area contributed by atoms with Gasteiger partial charge in [0.2, 0.25) is 0 Å². The van der Waals surface area contributed by atoms with E-state index in [1.54, 1.807) is 26.2 Å². The van der Waals surface area contributed by atoms with Crippen molar-refractivity contribution in [3.63, 3.8) is 0 Å². The van der Waals surface area contributed by atoms with Gasteiger partial charge in [0, 0.05) is 26.2 Å². The van der Waals surface area contributed by atoms with Crippen LogP contribution in [0.3, 0.4) is 0 Å². The molecule has 0 bridgehead atoms. The molecule has 0 aliphatic rings. The third-order valence-electron chi connectivity index (χ3n) is 3.59. The number of nitro groups is 1. The Kier molecular flexibility index (Phi) is 7.76. The fraction of sp³-hybridized carbons (Fsp3) is 0.158. The molecule has 0 atom stereocenters. The summed E-state index contributed by atoms with van der Waals surface area (Å²) in [5, 5.41) is 20.1. The van der Waals surface area contributed by atoms with Gasteiger partial charge in [0.25, 0.3) is 11.6 Å². The van der Waals surface area contributed by atoms with Crippen molar-refractivity contribution in [2.75, 3.05) is 14.1 Å². The van der Waals surface area contributed by atoms with Gasteiger partial charge in [-0.05, 0) is 74.5 Å². The van der Waals surface area contributed by atoms with Crippen LogP contribution in [0.2, 0.25) is 0 Å². The summed E-state index contributed by atoms with van der Waals surface area (Å²) in [6.07, 6.45) is 1.54. The average Bonchev–Trinajstić information content (AvgIpc) is 2.65. The first kappa shape index (κ1) is 22.1. The van der Waals surface area contributed by atoms with Crippen LogP contribution in [0.5, 0.6) is 5.75 Å². The standard InChI is InChI=1S/C19H15I2N3O4/c1-23(2)19(25)14(10-22)6-13-8-16(20)18(17(21)9-13)28-11-12-4-3-5-15(7-12)24(26)27/h3-9H,11H2,1-2H3/b14-6-. The Labute approximate surface area is 189 Å². The molecular formula is C19H15I2N3O4. The molecule has 0 heterocycles. The number of rotatable bonds is 6. The fourth-order valence-electron chi connectivity index (χ4n) is 2.27. The van der Waals surface area contributed by atoms with Gasteiger partial charge in [-0.15, -0.1) is 0 Å². The lowest BCUT2D eigenvalue weighted by Gasteiger charge is -2.12. The van der Waals surface area contributed by atoms with Crippen LogP contribution in [-0.4, -0.2) is 29.8 Å². The minimum absolute atomic E-state index is 0.0144. The summed E-state index contributed by atoms with van der Waals surface area (Å²) in [5.41, 5.74) is 1.46. The lowest BCUT2D eigenvalue weighted by atomic mass is 10.1. The molecule has 144 valence electrons. The predicted octanol–water partition coefficient (Wildman–Crippen LogP) is 4.38. The molecule has 0 saturated carbocycles. The second-order valence-electron chi connectivity index (χ2n) is 5.90. The highest BCUT2D eigenvalue weighted by Crippen LogP contribution is 2.31. The number of hydrogen-bond donors (Lipinski definition) is 0. The quantitative estimate of drug-likeness (QED) is 0.161. The summed E-state index contributed by atoms with van der Waals surface area (Å²) < 4.78 is 7.47. The summed E-state index contributed by atoms with van der Waals surface area (Å²) in [6.45, 7) is 0.186. The van der Waals surface area contributed by atoms with E-state index >= 15 is 0 Å². The second-order valence-corrected chi connectivity index (χ2v) is 8.22. The number of nitrogens with zero attached hydrogens (tertiary/aromatic N) is 3. The number of benzene rings is 2. The molecule has 0 fully saturated rings. The van der Waals surface area contributed by atoms with Gasteiger partial charge < -0.3 is 9.64 Å². The molecule has 2 rings (SSSR count). The summed E-state index contributed by atoms with van der Waals surface area (Å²) in [5.74, 6) is 0.279. The first-order chi connectivity index (χ1) is 13.2. The molecule has 0 aliphatic heterocycles. The third kappa shape index (κ3) is 5.65. The van der Waals surface area contributed by atoms with Gasteiger partial charge in [0.15, 0.2) is 0 Å². The highest BCUT2D eigenvalue weighted by Gasteiger charge is 2.14. The van der Waals surface area contributed by atoms with Gasteiger partial charge in [-0.2, -0.15) is 5.26 Å². The van der Waals surface area contributed by atoms with Crippen molar-refractivity contribution in [2.45, 2.75) is 6.61 Å². The van der Waals surface area contributed by atoms with E-state index in [4.69, 9.17) is 4.74 Å². The summed E-state index contributed by atoms with van der Waals surface area (Å²) in [6, 6.07) is 11.8.